The Balaban J connectivity index is -0.000000366. The van der Waals surface area contributed by atoms with Crippen molar-refractivity contribution in [2.24, 2.45) is 6.68 Å². The van der Waals surface area contributed by atoms with E-state index in [0.717, 1.165) is 89.7 Å². The molecule has 0 unspecified atom stereocenters. The van der Waals surface area contributed by atoms with Gasteiger partial charge >= 0.3 is 101 Å². The van der Waals surface area contributed by atoms with E-state index in [-0.39, 0.29) is 25.9 Å². The van der Waals surface area contributed by atoms with Crippen LogP contribution in [0.2, 0.25) is 39.3 Å². The zero-order chi connectivity index (χ0) is 45.7. The third-order valence-corrected chi connectivity index (χ3v) is 17.8. The van der Waals surface area contributed by atoms with Gasteiger partial charge in [0.15, 0.2) is 0 Å². The Hall–Kier alpha value is -0.946. The van der Waals surface area contributed by atoms with Gasteiger partial charge in [0.2, 0.25) is 0 Å². The van der Waals surface area contributed by atoms with E-state index >= 15 is 0 Å². The van der Waals surface area contributed by atoms with Crippen molar-refractivity contribution in [1.82, 2.24) is 0 Å². The molecule has 0 N–H and O–H groups in total. The number of rotatable bonds is 6. The van der Waals surface area contributed by atoms with Gasteiger partial charge in [0.25, 0.3) is 0 Å². The standard InChI is InChI=1S/2C16H20OS2Si.2C4H9N.2C2H6N.2CH3.2Ta/c2*1-11-7-5-8-12(15(11)18)17-13-9-6-10-14(16(13)19)20(2,3)4;2*1-4(2,3)5;2*1-3-2;;;;/h2*5-10,18-19H,1-4H3;2*1-3H3;2*1-2H3;2*1H3;;/q;;;;4*-1;;/p-2. The van der Waals surface area contributed by atoms with E-state index < -0.39 is 16.1 Å². The first-order valence-electron chi connectivity index (χ1n) is 18.8. The molecule has 0 amide bonds. The monoisotopic (exact) mass is 1260 g/mol. The molecule has 0 spiro atoms. The van der Waals surface area contributed by atoms with Crippen molar-refractivity contribution in [2.45, 2.75) is 125 Å². The molecule has 0 saturated carbocycles. The summed E-state index contributed by atoms with van der Waals surface area (Å²) in [6, 6.07) is 24.0. The van der Waals surface area contributed by atoms with Gasteiger partial charge in [0.05, 0.1) is 16.1 Å². The summed E-state index contributed by atoms with van der Waals surface area (Å²) in [4.78, 5) is 3.39. The van der Waals surface area contributed by atoms with Crippen molar-refractivity contribution in [3.05, 3.63) is 109 Å². The van der Waals surface area contributed by atoms with E-state index in [9.17, 15) is 0 Å². The SMILES string of the molecule is CC(C)(C)[N]=[Ta].CC(C)(C)[N]=[Ta].C[N-]C.C[N-]C.Cc1cccc(Oc2cccc([Si](C)(C)C)c2S)c1S.Cc1cccc(Oc2cccc([Si](C)(C)C)c2[S-])c1[S-].[CH3-].[CH3-]. The second-order valence-electron chi connectivity index (χ2n) is 17.2. The topological polar surface area (TPSA) is 71.4 Å². The fourth-order valence-electron chi connectivity index (χ4n) is 4.05. The molecule has 0 bridgehead atoms. The summed E-state index contributed by atoms with van der Waals surface area (Å²) in [7, 11) is 4.11. The van der Waals surface area contributed by atoms with E-state index in [1.807, 2.05) is 74.5 Å². The van der Waals surface area contributed by atoms with Crippen LogP contribution in [0.25, 0.3) is 10.6 Å². The Bertz CT molecular complexity index is 1710. The van der Waals surface area contributed by atoms with E-state index in [4.69, 9.17) is 34.7 Å². The Morgan fingerprint density at radius 1 is 0.517 bits per heavy atom. The van der Waals surface area contributed by atoms with Gasteiger partial charge in [-0.05, 0) is 48.9 Å². The average molecular weight is 1260 g/mol. The Morgan fingerprint density at radius 3 is 1.17 bits per heavy atom. The maximum Gasteiger partial charge on any atom is 0.141 e. The summed E-state index contributed by atoms with van der Waals surface area (Å²) in [5, 5.41) is 9.57. The zero-order valence-electron chi connectivity index (χ0n) is 40.1. The van der Waals surface area contributed by atoms with Gasteiger partial charge in [-0.1, -0.05) is 98.6 Å². The number of hydrogen-bond donors (Lipinski definition) is 2. The summed E-state index contributed by atoms with van der Waals surface area (Å²) in [6.45, 7) is 30.4. The fourth-order valence-corrected chi connectivity index (χ4v) is 9.55. The summed E-state index contributed by atoms with van der Waals surface area (Å²) in [5.41, 5.74) is 2.58. The van der Waals surface area contributed by atoms with Gasteiger partial charge in [-0.15, -0.1) is 35.0 Å². The molecule has 0 radical (unpaired) electrons. The molecular formula is C46H74N4O2S4Si2Ta2-6. The second kappa shape index (κ2) is 31.8. The molecule has 14 heteroatoms. The zero-order valence-corrected chi connectivity index (χ0v) is 52.0. The predicted octanol–water partition coefficient (Wildman–Crippen LogP) is 14.2. The summed E-state index contributed by atoms with van der Waals surface area (Å²) >= 11 is 22.5. The third kappa shape index (κ3) is 27.3. The average Bonchev–Trinajstić information content (AvgIpc) is 3.10. The van der Waals surface area contributed by atoms with Crippen LogP contribution in [-0.4, -0.2) is 55.4 Å². The molecule has 4 aromatic rings. The molecule has 0 aliphatic heterocycles. The predicted molar refractivity (Wildman–Crippen MR) is 275 cm³/mol. The molecule has 4 rings (SSSR count). The summed E-state index contributed by atoms with van der Waals surface area (Å²) < 4.78 is 20.3. The van der Waals surface area contributed by atoms with Crippen molar-refractivity contribution < 1.29 is 51.3 Å². The van der Waals surface area contributed by atoms with Crippen LogP contribution < -0.4 is 19.8 Å². The minimum absolute atomic E-state index is 0. The number of nitrogens with zero attached hydrogens (tertiary/aromatic N) is 4. The van der Waals surface area contributed by atoms with Gasteiger partial charge in [-0.2, -0.15) is 28.2 Å². The van der Waals surface area contributed by atoms with Gasteiger partial charge in [-0.3, -0.25) is 0 Å². The number of ether oxygens (including phenoxy) is 2. The van der Waals surface area contributed by atoms with Crippen molar-refractivity contribution in [3.63, 3.8) is 0 Å². The van der Waals surface area contributed by atoms with Crippen LogP contribution in [0.5, 0.6) is 23.0 Å². The number of hydrogen-bond acceptors (Lipinski definition) is 8. The van der Waals surface area contributed by atoms with E-state index in [1.165, 1.54) is 10.4 Å². The van der Waals surface area contributed by atoms with Crippen LogP contribution in [0, 0.1) is 28.7 Å². The van der Waals surface area contributed by atoms with E-state index in [2.05, 4.69) is 136 Å². The van der Waals surface area contributed by atoms with Crippen LogP contribution in [0.15, 0.2) is 99.1 Å². The summed E-state index contributed by atoms with van der Waals surface area (Å²) in [5.74, 6) is 3.01. The number of benzene rings is 4. The maximum atomic E-state index is 6.03. The first kappa shape index (κ1) is 65.7. The Morgan fingerprint density at radius 2 is 0.800 bits per heavy atom. The second-order valence-corrected chi connectivity index (χ2v) is 30.5. The quantitative estimate of drug-likeness (QED) is 0.0873. The largest absolute Gasteiger partial charge is 0.776 e. The van der Waals surface area contributed by atoms with Crippen molar-refractivity contribution in [3.8, 4) is 23.0 Å². The van der Waals surface area contributed by atoms with Crippen molar-refractivity contribution in [1.29, 1.82) is 0 Å². The third-order valence-electron chi connectivity index (χ3n) is 7.01. The molecule has 0 heterocycles. The van der Waals surface area contributed by atoms with Crippen LogP contribution in [0.4, 0.5) is 0 Å². The van der Waals surface area contributed by atoms with Gasteiger partial charge < -0.3 is 60.2 Å². The van der Waals surface area contributed by atoms with Crippen LogP contribution in [0.1, 0.15) is 52.7 Å². The van der Waals surface area contributed by atoms with Crippen molar-refractivity contribution >= 4 is 77.0 Å². The molecule has 0 fully saturated rings. The molecule has 60 heavy (non-hydrogen) atoms. The summed E-state index contributed by atoms with van der Waals surface area (Å²) in [6.07, 6.45) is 0. The van der Waals surface area contributed by atoms with Crippen LogP contribution >= 0.6 is 25.3 Å². The molecule has 0 aliphatic carbocycles. The molecule has 0 atom stereocenters. The van der Waals surface area contributed by atoms with E-state index in [1.54, 1.807) is 28.2 Å². The van der Waals surface area contributed by atoms with E-state index in [0.29, 0.717) is 5.75 Å². The van der Waals surface area contributed by atoms with Gasteiger partial charge in [0, 0.05) is 9.79 Å². The number of aryl methyl sites for hydroxylation is 2. The Labute approximate surface area is 417 Å². The normalized spacial score (nSPS) is 10.4. The molecule has 0 aromatic heterocycles. The molecule has 4 aromatic carbocycles. The minimum atomic E-state index is -1.46. The van der Waals surface area contributed by atoms with Gasteiger partial charge in [-0.25, -0.2) is 0 Å². The van der Waals surface area contributed by atoms with Crippen LogP contribution in [0.3, 0.4) is 0 Å². The molecule has 0 aliphatic rings. The first-order valence-corrected chi connectivity index (χ1v) is 30.4. The Kier molecular flexibility index (Phi) is 34.8. The fraction of sp³-hybridized carbons (Fsp3) is 0.435. The smallest absolute Gasteiger partial charge is 0.141 e. The first-order chi connectivity index (χ1) is 26.6. The maximum absolute atomic E-state index is 6.03. The van der Waals surface area contributed by atoms with Crippen LogP contribution in [-0.2, 0) is 67.0 Å². The minimum Gasteiger partial charge on any atom is -0.776 e. The molecule has 0 saturated heterocycles. The number of thiol groups is 2. The molecule has 338 valence electrons. The molecular weight excluding hydrogens is 1190 g/mol. The van der Waals surface area contributed by atoms with Crippen molar-refractivity contribution in [2.75, 3.05) is 28.2 Å². The molecule has 6 nitrogen and oxygen atoms in total. The van der Waals surface area contributed by atoms with Gasteiger partial charge in [0.1, 0.15) is 23.0 Å².